The first-order chi connectivity index (χ1) is 15.4. The van der Waals surface area contributed by atoms with E-state index in [0.717, 1.165) is 17.2 Å². The van der Waals surface area contributed by atoms with Crippen LogP contribution in [0.25, 0.3) is 22.2 Å². The SMILES string of the molecule is CC1(C)CCn2c(nc(-c3ccncn3)cc2=O)N1CC(=O)c1ccc2ccccc2c1. The van der Waals surface area contributed by atoms with Crippen LogP contribution < -0.4 is 10.5 Å². The van der Waals surface area contributed by atoms with Crippen molar-refractivity contribution in [2.24, 2.45) is 0 Å². The van der Waals surface area contributed by atoms with E-state index >= 15 is 0 Å². The van der Waals surface area contributed by atoms with Crippen molar-refractivity contribution in [1.29, 1.82) is 0 Å². The Kier molecular flexibility index (Phi) is 4.81. The standard InChI is InChI=1S/C25H23N5O2/c1-25(2)10-12-29-23(32)14-21(20-9-11-26-16-27-20)28-24(29)30(25)15-22(31)19-8-7-17-5-3-4-6-18(17)13-19/h3-9,11,13-14,16H,10,12,15H2,1-2H3. The summed E-state index contributed by atoms with van der Waals surface area (Å²) in [4.78, 5) is 41.1. The highest BCUT2D eigenvalue weighted by Crippen LogP contribution is 2.31. The normalized spacial score (nSPS) is 14.9. The summed E-state index contributed by atoms with van der Waals surface area (Å²) in [6.45, 7) is 4.84. The van der Waals surface area contributed by atoms with E-state index in [2.05, 4.69) is 23.8 Å². The van der Waals surface area contributed by atoms with Gasteiger partial charge in [-0.1, -0.05) is 36.4 Å². The fourth-order valence-corrected chi connectivity index (χ4v) is 4.16. The second kappa shape index (κ2) is 7.67. The molecule has 0 aliphatic carbocycles. The summed E-state index contributed by atoms with van der Waals surface area (Å²) in [5.41, 5.74) is 1.21. The number of benzene rings is 2. The Morgan fingerprint density at radius 1 is 1.03 bits per heavy atom. The molecule has 0 fully saturated rings. The van der Waals surface area contributed by atoms with Crippen LogP contribution >= 0.6 is 0 Å². The molecule has 1 aliphatic heterocycles. The number of carbonyl (C=O) groups excluding carboxylic acids is 1. The van der Waals surface area contributed by atoms with E-state index in [1.165, 1.54) is 12.4 Å². The molecule has 4 aromatic rings. The number of aromatic nitrogens is 4. The summed E-state index contributed by atoms with van der Waals surface area (Å²) < 4.78 is 1.64. The Balaban J connectivity index is 1.55. The van der Waals surface area contributed by atoms with Crippen LogP contribution in [0.4, 0.5) is 5.95 Å². The molecule has 5 rings (SSSR count). The predicted molar refractivity (Wildman–Crippen MR) is 124 cm³/mol. The molecule has 7 heteroatoms. The van der Waals surface area contributed by atoms with E-state index < -0.39 is 0 Å². The van der Waals surface area contributed by atoms with Gasteiger partial charge in [0.1, 0.15) is 6.33 Å². The first-order valence-corrected chi connectivity index (χ1v) is 10.6. The second-order valence-electron chi connectivity index (χ2n) is 8.66. The Morgan fingerprint density at radius 3 is 2.62 bits per heavy atom. The van der Waals surface area contributed by atoms with Crippen LogP contribution in [0.3, 0.4) is 0 Å². The van der Waals surface area contributed by atoms with Gasteiger partial charge in [-0.3, -0.25) is 14.2 Å². The monoisotopic (exact) mass is 425 g/mol. The maximum Gasteiger partial charge on any atom is 0.255 e. The van der Waals surface area contributed by atoms with E-state index in [9.17, 15) is 9.59 Å². The molecule has 1 aliphatic rings. The van der Waals surface area contributed by atoms with Gasteiger partial charge < -0.3 is 4.90 Å². The number of carbonyl (C=O) groups is 1. The molecule has 7 nitrogen and oxygen atoms in total. The number of nitrogens with zero attached hydrogens (tertiary/aromatic N) is 5. The van der Waals surface area contributed by atoms with Crippen LogP contribution in [0.1, 0.15) is 30.6 Å². The quantitative estimate of drug-likeness (QED) is 0.464. The van der Waals surface area contributed by atoms with Crippen LogP contribution in [0, 0.1) is 0 Å². The lowest BCUT2D eigenvalue weighted by molar-refractivity contribution is 0.0989. The minimum atomic E-state index is -0.337. The molecule has 160 valence electrons. The van der Waals surface area contributed by atoms with Gasteiger partial charge in [0.25, 0.3) is 5.56 Å². The zero-order chi connectivity index (χ0) is 22.3. The van der Waals surface area contributed by atoms with E-state index in [1.807, 2.05) is 47.4 Å². The summed E-state index contributed by atoms with van der Waals surface area (Å²) in [7, 11) is 0. The molecular weight excluding hydrogens is 402 g/mol. The second-order valence-corrected chi connectivity index (χ2v) is 8.66. The first kappa shape index (κ1) is 20.1. The molecule has 0 saturated carbocycles. The Bertz CT molecular complexity index is 1380. The molecule has 0 radical (unpaired) electrons. The van der Waals surface area contributed by atoms with E-state index in [1.54, 1.807) is 16.8 Å². The van der Waals surface area contributed by atoms with Crippen molar-refractivity contribution < 1.29 is 4.79 Å². The van der Waals surface area contributed by atoms with E-state index in [-0.39, 0.29) is 23.4 Å². The van der Waals surface area contributed by atoms with Crippen molar-refractivity contribution in [1.82, 2.24) is 19.5 Å². The van der Waals surface area contributed by atoms with E-state index in [0.29, 0.717) is 29.4 Å². The van der Waals surface area contributed by atoms with Crippen molar-refractivity contribution in [2.75, 3.05) is 11.4 Å². The molecule has 0 unspecified atom stereocenters. The average molecular weight is 425 g/mol. The molecule has 2 aromatic carbocycles. The average Bonchev–Trinajstić information content (AvgIpc) is 2.81. The van der Waals surface area contributed by atoms with Crippen molar-refractivity contribution in [3.05, 3.63) is 83.0 Å². The number of hydrogen-bond acceptors (Lipinski definition) is 6. The van der Waals surface area contributed by atoms with Gasteiger partial charge >= 0.3 is 0 Å². The summed E-state index contributed by atoms with van der Waals surface area (Å²) in [6, 6.07) is 16.9. The van der Waals surface area contributed by atoms with E-state index in [4.69, 9.17) is 4.98 Å². The Hall–Kier alpha value is -3.87. The molecule has 32 heavy (non-hydrogen) atoms. The summed E-state index contributed by atoms with van der Waals surface area (Å²) in [5, 5.41) is 2.12. The summed E-state index contributed by atoms with van der Waals surface area (Å²) in [6.07, 6.45) is 3.78. The number of anilines is 1. The summed E-state index contributed by atoms with van der Waals surface area (Å²) >= 11 is 0. The number of ketones is 1. The number of fused-ring (bicyclic) bond motifs is 2. The summed E-state index contributed by atoms with van der Waals surface area (Å²) in [5.74, 6) is 0.482. The molecule has 0 amide bonds. The smallest absolute Gasteiger partial charge is 0.255 e. The highest BCUT2D eigenvalue weighted by atomic mass is 16.1. The third-order valence-electron chi connectivity index (χ3n) is 6.12. The van der Waals surface area contributed by atoms with Gasteiger partial charge in [0.2, 0.25) is 5.95 Å². The van der Waals surface area contributed by atoms with Crippen LogP contribution in [-0.2, 0) is 6.54 Å². The van der Waals surface area contributed by atoms with Gasteiger partial charge in [-0.05, 0) is 43.2 Å². The Morgan fingerprint density at radius 2 is 1.84 bits per heavy atom. The molecule has 3 heterocycles. The van der Waals surface area contributed by atoms with Crippen molar-refractivity contribution in [3.8, 4) is 11.4 Å². The molecular formula is C25H23N5O2. The van der Waals surface area contributed by atoms with Crippen LogP contribution in [0.2, 0.25) is 0 Å². The molecule has 0 atom stereocenters. The largest absolute Gasteiger partial charge is 0.329 e. The maximum atomic E-state index is 13.3. The molecule has 2 aromatic heterocycles. The van der Waals surface area contributed by atoms with Crippen LogP contribution in [-0.4, -0.2) is 37.4 Å². The third-order valence-corrected chi connectivity index (χ3v) is 6.12. The zero-order valence-electron chi connectivity index (χ0n) is 18.0. The topological polar surface area (TPSA) is 81.0 Å². The fraction of sp³-hybridized carbons (Fsp3) is 0.240. The molecule has 0 spiro atoms. The number of rotatable bonds is 4. The lowest BCUT2D eigenvalue weighted by Gasteiger charge is -2.44. The first-order valence-electron chi connectivity index (χ1n) is 10.6. The fourth-order valence-electron chi connectivity index (χ4n) is 4.16. The lowest BCUT2D eigenvalue weighted by atomic mass is 9.95. The minimum absolute atomic E-state index is 0.0148. The zero-order valence-corrected chi connectivity index (χ0v) is 18.0. The Labute approximate surface area is 185 Å². The third kappa shape index (κ3) is 3.56. The highest BCUT2D eigenvalue weighted by molar-refractivity contribution is 6.02. The highest BCUT2D eigenvalue weighted by Gasteiger charge is 2.36. The maximum absolute atomic E-state index is 13.3. The van der Waals surface area contributed by atoms with Gasteiger partial charge in [-0.25, -0.2) is 15.0 Å². The van der Waals surface area contributed by atoms with Gasteiger partial charge in [-0.15, -0.1) is 0 Å². The van der Waals surface area contributed by atoms with Gasteiger partial charge in [0.15, 0.2) is 5.78 Å². The van der Waals surface area contributed by atoms with Crippen LogP contribution in [0.5, 0.6) is 0 Å². The van der Waals surface area contributed by atoms with Crippen LogP contribution in [0.15, 0.2) is 71.9 Å². The number of hydrogen-bond donors (Lipinski definition) is 0. The molecule has 0 bridgehead atoms. The van der Waals surface area contributed by atoms with Crippen molar-refractivity contribution in [2.45, 2.75) is 32.4 Å². The predicted octanol–water partition coefficient (Wildman–Crippen LogP) is 3.73. The number of Topliss-reactive ketones (excluding diaryl/α,β-unsaturated/α-hetero) is 1. The van der Waals surface area contributed by atoms with Gasteiger partial charge in [0.05, 0.1) is 17.9 Å². The molecule has 0 saturated heterocycles. The van der Waals surface area contributed by atoms with Crippen molar-refractivity contribution >= 4 is 22.5 Å². The van der Waals surface area contributed by atoms with Gasteiger partial charge in [0, 0.05) is 29.9 Å². The van der Waals surface area contributed by atoms with Crippen molar-refractivity contribution in [3.63, 3.8) is 0 Å². The van der Waals surface area contributed by atoms with Gasteiger partial charge in [-0.2, -0.15) is 0 Å². The lowest BCUT2D eigenvalue weighted by Crippen LogP contribution is -2.53. The minimum Gasteiger partial charge on any atom is -0.329 e. The molecule has 0 N–H and O–H groups in total.